The summed E-state index contributed by atoms with van der Waals surface area (Å²) in [6.07, 6.45) is 5.46. The van der Waals surface area contributed by atoms with E-state index in [9.17, 15) is 0 Å². The summed E-state index contributed by atoms with van der Waals surface area (Å²) >= 11 is 0. The van der Waals surface area contributed by atoms with Crippen molar-refractivity contribution in [3.63, 3.8) is 0 Å². The minimum absolute atomic E-state index is 0.638. The maximum Gasteiger partial charge on any atom is 0.197 e. The highest BCUT2D eigenvalue weighted by Crippen LogP contribution is 2.27. The number of ether oxygens (including phenoxy) is 1. The minimum Gasteiger partial charge on any atom is -0.497 e. The smallest absolute Gasteiger partial charge is 0.197 e. The molecule has 0 saturated heterocycles. The Kier molecular flexibility index (Phi) is 5.34. The Morgan fingerprint density at radius 2 is 1.91 bits per heavy atom. The van der Waals surface area contributed by atoms with Gasteiger partial charge in [0.15, 0.2) is 5.96 Å². The molecule has 2 aromatic carbocycles. The van der Waals surface area contributed by atoms with Crippen molar-refractivity contribution in [1.82, 2.24) is 20.6 Å². The summed E-state index contributed by atoms with van der Waals surface area (Å²) in [6, 6.07) is 14.6. The van der Waals surface area contributed by atoms with Gasteiger partial charge < -0.3 is 31.1 Å². The van der Waals surface area contributed by atoms with E-state index in [0.29, 0.717) is 18.9 Å². The van der Waals surface area contributed by atoms with Crippen molar-refractivity contribution in [1.29, 1.82) is 0 Å². The van der Waals surface area contributed by atoms with Crippen molar-refractivity contribution in [3.8, 4) is 5.75 Å². The average molecular weight is 443 g/mol. The summed E-state index contributed by atoms with van der Waals surface area (Å²) in [4.78, 5) is 11.5. The molecular formula is C26H30N6O. The number of allylic oxidation sites excluding steroid dienone is 1. The van der Waals surface area contributed by atoms with Gasteiger partial charge in [-0.15, -0.1) is 0 Å². The molecule has 1 atom stereocenters. The largest absolute Gasteiger partial charge is 0.497 e. The van der Waals surface area contributed by atoms with E-state index in [0.717, 1.165) is 34.6 Å². The van der Waals surface area contributed by atoms with E-state index in [1.165, 1.54) is 21.9 Å². The number of methoxy groups -OCH3 is 1. The van der Waals surface area contributed by atoms with Crippen molar-refractivity contribution in [2.75, 3.05) is 13.7 Å². The Morgan fingerprint density at radius 3 is 2.76 bits per heavy atom. The van der Waals surface area contributed by atoms with Crippen LogP contribution in [0, 0.1) is 6.92 Å². The number of hydrogen-bond acceptors (Lipinski definition) is 3. The molecule has 7 nitrogen and oxygen atoms in total. The number of benzene rings is 2. The fourth-order valence-corrected chi connectivity index (χ4v) is 4.71. The number of nitrogens with one attached hydrogen (secondary N) is 4. The third-order valence-corrected chi connectivity index (χ3v) is 6.21. The summed E-state index contributed by atoms with van der Waals surface area (Å²) in [5, 5.41) is 9.09. The number of guanidine groups is 1. The van der Waals surface area contributed by atoms with E-state index in [2.05, 4.69) is 63.9 Å². The van der Waals surface area contributed by atoms with Crippen molar-refractivity contribution in [2.24, 2.45) is 10.7 Å². The zero-order chi connectivity index (χ0) is 23.0. The topological polar surface area (TPSA) is 103 Å². The van der Waals surface area contributed by atoms with E-state index in [4.69, 9.17) is 15.5 Å². The first-order chi connectivity index (χ1) is 15.9. The van der Waals surface area contributed by atoms with Crippen LogP contribution < -0.4 is 21.1 Å². The van der Waals surface area contributed by atoms with Crippen LogP contribution in [0.2, 0.25) is 0 Å². The van der Waals surface area contributed by atoms with Crippen LogP contribution in [0.5, 0.6) is 5.75 Å². The number of rotatable bonds is 6. The third-order valence-electron chi connectivity index (χ3n) is 6.21. The second-order valence-electron chi connectivity index (χ2n) is 8.81. The Balaban J connectivity index is 1.32. The molecule has 0 saturated carbocycles. The van der Waals surface area contributed by atoms with Crippen molar-refractivity contribution < 1.29 is 4.74 Å². The van der Waals surface area contributed by atoms with Gasteiger partial charge in [-0.1, -0.05) is 6.07 Å². The fraction of sp³-hybridized carbons (Fsp3) is 0.269. The molecule has 33 heavy (non-hydrogen) atoms. The zero-order valence-electron chi connectivity index (χ0n) is 19.3. The SMILES string of the molecule is COc1ccc2[nH]c(C)c(CCN=C3NC(C)=CC(N)(Cc4ccc5[nH]ccc5c4)N3)c2c1. The maximum atomic E-state index is 6.75. The molecule has 0 radical (unpaired) electrons. The highest BCUT2D eigenvalue weighted by molar-refractivity contribution is 5.86. The van der Waals surface area contributed by atoms with Crippen LogP contribution >= 0.6 is 0 Å². The standard InChI is InChI=1S/C26H30N6O/c1-16-14-26(27,15-18-4-6-23-19(12-18)8-10-28-23)32-25(30-16)29-11-9-21-17(2)31-24-7-5-20(33-3)13-22(21)24/h4-8,10,12-14,28,31H,9,11,15,27H2,1-3H3,(H2,29,30,32). The molecule has 6 N–H and O–H groups in total. The molecule has 0 spiro atoms. The van der Waals surface area contributed by atoms with Crippen LogP contribution in [-0.4, -0.2) is 35.2 Å². The molecule has 1 aliphatic heterocycles. The third kappa shape index (κ3) is 4.32. The number of aromatic nitrogens is 2. The van der Waals surface area contributed by atoms with Gasteiger partial charge in [0.2, 0.25) is 0 Å². The second-order valence-corrected chi connectivity index (χ2v) is 8.81. The van der Waals surface area contributed by atoms with Gasteiger partial charge in [-0.25, -0.2) is 0 Å². The number of hydrogen-bond donors (Lipinski definition) is 5. The molecule has 4 aromatic rings. The molecule has 0 fully saturated rings. The number of aromatic amines is 2. The molecule has 1 unspecified atom stereocenters. The predicted molar refractivity (Wildman–Crippen MR) is 135 cm³/mol. The molecule has 0 aliphatic carbocycles. The molecule has 0 bridgehead atoms. The summed E-state index contributed by atoms with van der Waals surface area (Å²) in [6.45, 7) is 4.76. The lowest BCUT2D eigenvalue weighted by molar-refractivity contribution is 0.415. The first kappa shape index (κ1) is 21.2. The Hall–Kier alpha value is -3.71. The lowest BCUT2D eigenvalue weighted by Crippen LogP contribution is -2.62. The number of nitrogens with zero attached hydrogens (tertiary/aromatic N) is 1. The van der Waals surface area contributed by atoms with E-state index in [-0.39, 0.29) is 0 Å². The van der Waals surface area contributed by atoms with Gasteiger partial charge in [0.25, 0.3) is 0 Å². The summed E-state index contributed by atoms with van der Waals surface area (Å²) in [7, 11) is 1.69. The Bertz CT molecular complexity index is 1380. The average Bonchev–Trinajstić information content (AvgIpc) is 3.36. The monoisotopic (exact) mass is 442 g/mol. The summed E-state index contributed by atoms with van der Waals surface area (Å²) < 4.78 is 5.41. The number of aliphatic imine (C=N–C) groups is 1. The van der Waals surface area contributed by atoms with Crippen LogP contribution in [0.1, 0.15) is 23.7 Å². The van der Waals surface area contributed by atoms with Gasteiger partial charge in [-0.2, -0.15) is 0 Å². The molecular weight excluding hydrogens is 412 g/mol. The van der Waals surface area contributed by atoms with Crippen molar-refractivity contribution in [3.05, 3.63) is 77.3 Å². The highest BCUT2D eigenvalue weighted by Gasteiger charge is 2.28. The normalized spacial score (nSPS) is 19.5. The second kappa shape index (κ2) is 8.33. The van der Waals surface area contributed by atoms with E-state index >= 15 is 0 Å². The number of nitrogens with two attached hydrogens (primary N) is 1. The molecule has 5 rings (SSSR count). The number of aryl methyl sites for hydroxylation is 1. The van der Waals surface area contributed by atoms with Crippen LogP contribution in [-0.2, 0) is 12.8 Å². The minimum atomic E-state index is -0.706. The quantitative estimate of drug-likeness (QED) is 0.313. The Morgan fingerprint density at radius 1 is 1.06 bits per heavy atom. The van der Waals surface area contributed by atoms with Gasteiger partial charge in [-0.3, -0.25) is 4.99 Å². The van der Waals surface area contributed by atoms with Crippen LogP contribution in [0.25, 0.3) is 21.8 Å². The summed E-state index contributed by atoms with van der Waals surface area (Å²) in [5.74, 6) is 1.56. The Labute approximate surface area is 193 Å². The van der Waals surface area contributed by atoms with Crippen LogP contribution in [0.4, 0.5) is 0 Å². The zero-order valence-corrected chi connectivity index (χ0v) is 19.3. The molecule has 7 heteroatoms. The number of H-pyrrole nitrogens is 2. The van der Waals surface area contributed by atoms with E-state index < -0.39 is 5.66 Å². The molecule has 2 aromatic heterocycles. The van der Waals surface area contributed by atoms with Gasteiger partial charge in [0.1, 0.15) is 11.4 Å². The van der Waals surface area contributed by atoms with E-state index in [1.807, 2.05) is 25.3 Å². The van der Waals surface area contributed by atoms with Crippen LogP contribution in [0.15, 0.2) is 65.4 Å². The fourth-order valence-electron chi connectivity index (χ4n) is 4.71. The first-order valence-electron chi connectivity index (χ1n) is 11.2. The number of fused-ring (bicyclic) bond motifs is 2. The highest BCUT2D eigenvalue weighted by atomic mass is 16.5. The molecule has 1 aliphatic rings. The lowest BCUT2D eigenvalue weighted by Gasteiger charge is -2.34. The maximum absolute atomic E-state index is 6.75. The van der Waals surface area contributed by atoms with Gasteiger partial charge in [0, 0.05) is 47.0 Å². The van der Waals surface area contributed by atoms with Gasteiger partial charge in [0.05, 0.1) is 7.11 Å². The molecule has 0 amide bonds. The van der Waals surface area contributed by atoms with Gasteiger partial charge in [-0.05, 0) is 79.3 Å². The van der Waals surface area contributed by atoms with Crippen molar-refractivity contribution >= 4 is 27.8 Å². The van der Waals surface area contributed by atoms with Crippen molar-refractivity contribution in [2.45, 2.75) is 32.4 Å². The van der Waals surface area contributed by atoms with Crippen LogP contribution in [0.3, 0.4) is 0 Å². The molecule has 3 heterocycles. The lowest BCUT2D eigenvalue weighted by atomic mass is 9.97. The van der Waals surface area contributed by atoms with E-state index in [1.54, 1.807) is 7.11 Å². The predicted octanol–water partition coefficient (Wildman–Crippen LogP) is 3.86. The molecule has 170 valence electrons. The summed E-state index contributed by atoms with van der Waals surface area (Å²) in [5.41, 5.74) is 12.9. The first-order valence-corrected chi connectivity index (χ1v) is 11.2. The van der Waals surface area contributed by atoms with Gasteiger partial charge >= 0.3 is 0 Å².